The molecular formula is C33H35ClN6O4S. The van der Waals surface area contributed by atoms with E-state index in [4.69, 9.17) is 16.3 Å². The molecule has 10 nitrogen and oxygen atoms in total. The Morgan fingerprint density at radius 2 is 1.69 bits per heavy atom. The van der Waals surface area contributed by atoms with Crippen LogP contribution in [0.25, 0.3) is 21.3 Å². The zero-order chi connectivity index (χ0) is 31.7. The molecule has 2 aromatic heterocycles. The monoisotopic (exact) mass is 646 g/mol. The highest BCUT2D eigenvalue weighted by molar-refractivity contribution is 7.21. The van der Waals surface area contributed by atoms with E-state index in [0.717, 1.165) is 51.3 Å². The van der Waals surface area contributed by atoms with Gasteiger partial charge in [0.1, 0.15) is 0 Å². The number of rotatable bonds is 7. The maximum atomic E-state index is 13.1. The summed E-state index contributed by atoms with van der Waals surface area (Å²) in [5.74, 6) is 0.328. The minimum Gasteiger partial charge on any atom is -0.378 e. The number of carbonyl (C=O) groups is 3. The number of carbonyl (C=O) groups excluding carboxylic acids is 3. The number of aryl methyl sites for hydroxylation is 2. The fourth-order valence-electron chi connectivity index (χ4n) is 6.01. The summed E-state index contributed by atoms with van der Waals surface area (Å²) in [6.07, 6.45) is 1.85. The van der Waals surface area contributed by atoms with Gasteiger partial charge >= 0.3 is 0 Å². The van der Waals surface area contributed by atoms with Crippen LogP contribution in [0.5, 0.6) is 0 Å². The lowest BCUT2D eigenvalue weighted by Gasteiger charge is -2.34. The van der Waals surface area contributed by atoms with Crippen molar-refractivity contribution in [3.05, 3.63) is 69.3 Å². The predicted octanol–water partition coefficient (Wildman–Crippen LogP) is 5.00. The fraction of sp³-hybridized carbons (Fsp3) is 0.364. The molecule has 0 spiro atoms. The molecule has 3 amide bonds. The van der Waals surface area contributed by atoms with E-state index < -0.39 is 0 Å². The van der Waals surface area contributed by atoms with Gasteiger partial charge in [-0.2, -0.15) is 4.98 Å². The number of hydrogen-bond donors (Lipinski definition) is 2. The Bertz CT molecular complexity index is 1770. The molecule has 0 unspecified atom stereocenters. The van der Waals surface area contributed by atoms with Crippen LogP contribution in [0.1, 0.15) is 51.4 Å². The Labute approximate surface area is 270 Å². The van der Waals surface area contributed by atoms with E-state index in [1.165, 1.54) is 11.3 Å². The summed E-state index contributed by atoms with van der Waals surface area (Å²) in [6, 6.07) is 13.8. The lowest BCUT2D eigenvalue weighted by Crippen LogP contribution is -2.40. The van der Waals surface area contributed by atoms with Crippen LogP contribution in [-0.2, 0) is 16.0 Å². The third kappa shape index (κ3) is 6.38. The Morgan fingerprint density at radius 1 is 1.00 bits per heavy atom. The molecule has 2 N–H and O–H groups in total. The third-order valence-electron chi connectivity index (χ3n) is 8.36. The van der Waals surface area contributed by atoms with Crippen LogP contribution in [0.15, 0.2) is 42.5 Å². The van der Waals surface area contributed by atoms with Crippen LogP contribution >= 0.6 is 22.9 Å². The highest BCUT2D eigenvalue weighted by atomic mass is 35.5. The summed E-state index contributed by atoms with van der Waals surface area (Å²) in [6.45, 7) is 8.68. The van der Waals surface area contributed by atoms with E-state index in [0.29, 0.717) is 42.3 Å². The van der Waals surface area contributed by atoms with E-state index in [2.05, 4.69) is 38.5 Å². The van der Waals surface area contributed by atoms with Crippen molar-refractivity contribution in [1.82, 2.24) is 20.6 Å². The van der Waals surface area contributed by atoms with Gasteiger partial charge in [0, 0.05) is 50.4 Å². The number of nitrogens with one attached hydrogen (secondary N) is 2. The van der Waals surface area contributed by atoms with Gasteiger partial charge < -0.3 is 25.2 Å². The topological polar surface area (TPSA) is 117 Å². The van der Waals surface area contributed by atoms with Gasteiger partial charge in [-0.25, -0.2) is 4.98 Å². The molecule has 1 saturated heterocycles. The molecule has 2 aliphatic rings. The molecular weight excluding hydrogens is 612 g/mol. The van der Waals surface area contributed by atoms with Gasteiger partial charge in [-0.1, -0.05) is 18.2 Å². The van der Waals surface area contributed by atoms with Crippen molar-refractivity contribution in [1.29, 1.82) is 0 Å². The van der Waals surface area contributed by atoms with E-state index in [-0.39, 0.29) is 42.1 Å². The number of amides is 3. The number of ether oxygens (including phenoxy) is 1. The number of aromatic nitrogens is 2. The molecule has 1 fully saturated rings. The minimum absolute atomic E-state index is 0.0552. The summed E-state index contributed by atoms with van der Waals surface area (Å²) in [5, 5.41) is 5.93. The van der Waals surface area contributed by atoms with Crippen molar-refractivity contribution in [2.45, 2.75) is 39.7 Å². The molecule has 0 bridgehead atoms. The second-order valence-electron chi connectivity index (χ2n) is 11.4. The molecule has 0 saturated carbocycles. The van der Waals surface area contributed by atoms with Gasteiger partial charge in [-0.3, -0.25) is 14.4 Å². The highest BCUT2D eigenvalue weighted by Gasteiger charge is 2.27. The van der Waals surface area contributed by atoms with Crippen LogP contribution in [0.4, 0.5) is 11.5 Å². The molecule has 234 valence electrons. The summed E-state index contributed by atoms with van der Waals surface area (Å²) in [5.41, 5.74) is 6.13. The maximum Gasteiger partial charge on any atom is 0.261 e. The second kappa shape index (κ2) is 13.1. The number of benzene rings is 2. The highest BCUT2D eigenvalue weighted by Crippen LogP contribution is 2.37. The predicted molar refractivity (Wildman–Crippen MR) is 178 cm³/mol. The van der Waals surface area contributed by atoms with Crippen molar-refractivity contribution >= 4 is 62.4 Å². The van der Waals surface area contributed by atoms with Crippen LogP contribution in [0.2, 0.25) is 5.28 Å². The molecule has 2 aromatic carbocycles. The number of halogens is 1. The van der Waals surface area contributed by atoms with E-state index in [1.54, 1.807) is 19.1 Å². The molecule has 12 heteroatoms. The lowest BCUT2D eigenvalue weighted by molar-refractivity contribution is -0.117. The zero-order valence-corrected chi connectivity index (χ0v) is 27.1. The third-order valence-corrected chi connectivity index (χ3v) is 9.81. The summed E-state index contributed by atoms with van der Waals surface area (Å²) < 4.78 is 6.29. The van der Waals surface area contributed by atoms with E-state index in [1.807, 2.05) is 36.1 Å². The fourth-order valence-corrected chi connectivity index (χ4v) is 7.36. The van der Waals surface area contributed by atoms with Gasteiger partial charge in [-0.05, 0) is 84.8 Å². The zero-order valence-electron chi connectivity index (χ0n) is 25.5. The van der Waals surface area contributed by atoms with Crippen molar-refractivity contribution in [2.24, 2.45) is 0 Å². The molecule has 2 aliphatic heterocycles. The maximum absolute atomic E-state index is 13.1. The SMILES string of the molecule is CC(=O)N1c2ccc(-c3ccc(C(=O)NCCNC(=O)c4sc5c(N6CCOCC6)nc(Cl)nc5c4C)cc3)cc2CC[C@@H]1C. The smallest absolute Gasteiger partial charge is 0.261 e. The van der Waals surface area contributed by atoms with Crippen molar-refractivity contribution < 1.29 is 19.1 Å². The molecule has 0 radical (unpaired) electrons. The average molecular weight is 647 g/mol. The number of anilines is 2. The standard InChI is InChI=1S/C33H35ClN6O4S/c1-19-4-5-25-18-24(10-11-26(25)40(19)21(3)41)22-6-8-23(9-7-22)31(42)35-12-13-36-32(43)28-20(2)27-29(45-28)30(38-33(34)37-27)39-14-16-44-17-15-39/h6-11,18-19H,4-5,12-17H2,1-3H3,(H,35,42)(H,36,43)/t19-/m0/s1. The van der Waals surface area contributed by atoms with Crippen molar-refractivity contribution in [2.75, 3.05) is 49.2 Å². The van der Waals surface area contributed by atoms with Gasteiger partial charge in [0.15, 0.2) is 5.82 Å². The Morgan fingerprint density at radius 3 is 2.40 bits per heavy atom. The van der Waals surface area contributed by atoms with Crippen molar-refractivity contribution in [3.63, 3.8) is 0 Å². The molecule has 4 aromatic rings. The molecule has 6 rings (SSSR count). The van der Waals surface area contributed by atoms with Gasteiger partial charge in [-0.15, -0.1) is 11.3 Å². The normalized spacial score (nSPS) is 16.4. The first kappa shape index (κ1) is 30.9. The Kier molecular flexibility index (Phi) is 9.02. The number of morpholine rings is 1. The minimum atomic E-state index is -0.232. The number of nitrogens with zero attached hydrogens (tertiary/aromatic N) is 4. The first-order chi connectivity index (χ1) is 21.7. The number of thiophene rings is 1. The average Bonchev–Trinajstić information content (AvgIpc) is 3.38. The van der Waals surface area contributed by atoms with Crippen LogP contribution in [0, 0.1) is 6.92 Å². The number of fused-ring (bicyclic) bond motifs is 2. The Balaban J connectivity index is 1.05. The molecule has 1 atom stereocenters. The first-order valence-electron chi connectivity index (χ1n) is 15.1. The van der Waals surface area contributed by atoms with Crippen molar-refractivity contribution in [3.8, 4) is 11.1 Å². The molecule has 0 aliphatic carbocycles. The lowest BCUT2D eigenvalue weighted by atomic mass is 9.93. The largest absolute Gasteiger partial charge is 0.378 e. The first-order valence-corrected chi connectivity index (χ1v) is 16.3. The van der Waals surface area contributed by atoms with Crippen LogP contribution < -0.4 is 20.4 Å². The van der Waals surface area contributed by atoms with Gasteiger partial charge in [0.05, 0.1) is 28.3 Å². The Hall–Kier alpha value is -4.06. The van der Waals surface area contributed by atoms with Crippen LogP contribution in [-0.4, -0.2) is 73.1 Å². The summed E-state index contributed by atoms with van der Waals surface area (Å²) in [7, 11) is 0. The number of hydrogen-bond acceptors (Lipinski definition) is 8. The molecule has 45 heavy (non-hydrogen) atoms. The quantitative estimate of drug-likeness (QED) is 0.214. The van der Waals surface area contributed by atoms with E-state index in [9.17, 15) is 14.4 Å². The summed E-state index contributed by atoms with van der Waals surface area (Å²) >= 11 is 7.59. The van der Waals surface area contributed by atoms with Crippen LogP contribution in [0.3, 0.4) is 0 Å². The van der Waals surface area contributed by atoms with Gasteiger partial charge in [0.25, 0.3) is 11.8 Å². The summed E-state index contributed by atoms with van der Waals surface area (Å²) in [4.78, 5) is 51.5. The van der Waals surface area contributed by atoms with Gasteiger partial charge in [0.2, 0.25) is 11.2 Å². The second-order valence-corrected chi connectivity index (χ2v) is 12.7. The molecule has 4 heterocycles. The van der Waals surface area contributed by atoms with E-state index >= 15 is 0 Å².